The van der Waals surface area contributed by atoms with Gasteiger partial charge in [-0.3, -0.25) is 0 Å². The van der Waals surface area contributed by atoms with Crippen molar-refractivity contribution in [2.24, 2.45) is 0 Å². The smallest absolute Gasteiger partial charge is 0.119 e. The highest BCUT2D eigenvalue weighted by molar-refractivity contribution is 5.49. The number of aliphatic hydroxyl groups excluding tert-OH is 1. The van der Waals surface area contributed by atoms with Crippen molar-refractivity contribution in [1.29, 1.82) is 0 Å². The first kappa shape index (κ1) is 25.3. The first-order chi connectivity index (χ1) is 10.2. The predicted molar refractivity (Wildman–Crippen MR) is 91.6 cm³/mol. The van der Waals surface area contributed by atoms with Crippen LogP contribution >= 0.6 is 0 Å². The lowest BCUT2D eigenvalue weighted by Gasteiger charge is -1.90. The number of hydrogen-bond acceptors (Lipinski definition) is 3. The minimum Gasteiger partial charge on any atom is -0.396 e. The van der Waals surface area contributed by atoms with Crippen LogP contribution in [0.1, 0.15) is 97.8 Å². The number of carbonyl (C=O) groups excluding carboxylic acids is 2. The van der Waals surface area contributed by atoms with Gasteiger partial charge in [0.25, 0.3) is 0 Å². The van der Waals surface area contributed by atoms with Gasteiger partial charge < -0.3 is 14.7 Å². The topological polar surface area (TPSA) is 54.4 Å². The Hall–Kier alpha value is -0.700. The second kappa shape index (κ2) is 31.6. The summed E-state index contributed by atoms with van der Waals surface area (Å²) < 4.78 is 0. The van der Waals surface area contributed by atoms with Gasteiger partial charge in [-0.1, -0.05) is 65.7 Å². The van der Waals surface area contributed by atoms with Crippen molar-refractivity contribution < 1.29 is 14.7 Å². The molecule has 0 heterocycles. The van der Waals surface area contributed by atoms with Crippen LogP contribution in [-0.2, 0) is 9.59 Å². The third-order valence-corrected chi connectivity index (χ3v) is 2.86. The Kier molecular flexibility index (Phi) is 38.0. The first-order valence-electron chi connectivity index (χ1n) is 8.73. The summed E-state index contributed by atoms with van der Waals surface area (Å²) in [5.74, 6) is 0. The first-order valence-corrected chi connectivity index (χ1v) is 8.73. The van der Waals surface area contributed by atoms with Crippen molar-refractivity contribution in [1.82, 2.24) is 0 Å². The molecular weight excluding hydrogens is 264 g/mol. The van der Waals surface area contributed by atoms with Gasteiger partial charge in [0.15, 0.2) is 0 Å². The van der Waals surface area contributed by atoms with E-state index in [9.17, 15) is 9.59 Å². The molecule has 3 heteroatoms. The van der Waals surface area contributed by atoms with Crippen molar-refractivity contribution in [2.45, 2.75) is 97.8 Å². The molecule has 0 rings (SSSR count). The second-order valence-corrected chi connectivity index (χ2v) is 5.11. The van der Waals surface area contributed by atoms with Crippen LogP contribution in [0.15, 0.2) is 0 Å². The molecule has 0 radical (unpaired) electrons. The summed E-state index contributed by atoms with van der Waals surface area (Å²) in [5.41, 5.74) is 0. The Balaban J connectivity index is -0.000000231. The van der Waals surface area contributed by atoms with E-state index in [1.807, 2.05) is 0 Å². The fourth-order valence-electron chi connectivity index (χ4n) is 1.49. The van der Waals surface area contributed by atoms with Crippen LogP contribution in [0.2, 0.25) is 0 Å². The largest absolute Gasteiger partial charge is 0.396 e. The Morgan fingerprint density at radius 3 is 1.29 bits per heavy atom. The minimum atomic E-state index is 0.361. The SMILES string of the molecule is CCCCCC=O.CCCCCC=O.CCCCCCO. The Labute approximate surface area is 132 Å². The maximum Gasteiger partial charge on any atom is 0.119 e. The molecule has 0 saturated heterocycles. The molecule has 0 aromatic carbocycles. The fraction of sp³-hybridized carbons (Fsp3) is 0.889. The second-order valence-electron chi connectivity index (χ2n) is 5.11. The molecule has 0 atom stereocenters. The van der Waals surface area contributed by atoms with E-state index in [0.29, 0.717) is 6.61 Å². The van der Waals surface area contributed by atoms with Gasteiger partial charge in [0, 0.05) is 19.4 Å². The molecule has 3 nitrogen and oxygen atoms in total. The Morgan fingerprint density at radius 2 is 1.00 bits per heavy atom. The molecule has 128 valence electrons. The molecule has 0 saturated carbocycles. The Bertz CT molecular complexity index is 152. The van der Waals surface area contributed by atoms with Crippen LogP contribution in [0, 0.1) is 0 Å². The maximum absolute atomic E-state index is 9.68. The molecule has 0 unspecified atom stereocenters. The van der Waals surface area contributed by atoms with Crippen LogP contribution in [0.5, 0.6) is 0 Å². The van der Waals surface area contributed by atoms with Gasteiger partial charge in [-0.05, 0) is 19.3 Å². The summed E-state index contributed by atoms with van der Waals surface area (Å²) in [4.78, 5) is 19.4. The van der Waals surface area contributed by atoms with Crippen molar-refractivity contribution in [3.8, 4) is 0 Å². The van der Waals surface area contributed by atoms with Gasteiger partial charge in [-0.25, -0.2) is 0 Å². The van der Waals surface area contributed by atoms with E-state index in [1.165, 1.54) is 44.9 Å². The number of unbranched alkanes of at least 4 members (excludes halogenated alkanes) is 9. The molecule has 0 aliphatic heterocycles. The maximum atomic E-state index is 9.68. The van der Waals surface area contributed by atoms with Crippen LogP contribution in [0.4, 0.5) is 0 Å². The van der Waals surface area contributed by atoms with Crippen LogP contribution in [-0.4, -0.2) is 24.3 Å². The average Bonchev–Trinajstić information content (AvgIpc) is 2.50. The summed E-state index contributed by atoms with van der Waals surface area (Å²) in [5, 5.41) is 8.29. The zero-order chi connectivity index (χ0) is 16.6. The van der Waals surface area contributed by atoms with Gasteiger partial charge in [-0.2, -0.15) is 0 Å². The molecule has 0 fully saturated rings. The van der Waals surface area contributed by atoms with Gasteiger partial charge in [0.2, 0.25) is 0 Å². The number of rotatable bonds is 12. The van der Waals surface area contributed by atoms with Crippen molar-refractivity contribution >= 4 is 12.6 Å². The standard InChI is InChI=1S/C6H14O.2C6H12O/c3*1-2-3-4-5-6-7/h7H,2-6H2,1H3;2*6H,2-5H2,1H3. The van der Waals surface area contributed by atoms with Crippen molar-refractivity contribution in [3.05, 3.63) is 0 Å². The van der Waals surface area contributed by atoms with Gasteiger partial charge in [-0.15, -0.1) is 0 Å². The Morgan fingerprint density at radius 1 is 0.619 bits per heavy atom. The molecule has 0 aliphatic carbocycles. The van der Waals surface area contributed by atoms with Crippen LogP contribution in [0.3, 0.4) is 0 Å². The van der Waals surface area contributed by atoms with Crippen molar-refractivity contribution in [3.63, 3.8) is 0 Å². The molecule has 21 heavy (non-hydrogen) atoms. The van der Waals surface area contributed by atoms with E-state index in [0.717, 1.165) is 44.7 Å². The highest BCUT2D eigenvalue weighted by Crippen LogP contribution is 1.96. The van der Waals surface area contributed by atoms with Gasteiger partial charge in [0.1, 0.15) is 12.6 Å². The van der Waals surface area contributed by atoms with E-state index in [-0.39, 0.29) is 0 Å². The molecule has 0 spiro atoms. The third kappa shape index (κ3) is 45.2. The number of aldehydes is 2. The van der Waals surface area contributed by atoms with E-state index in [2.05, 4.69) is 20.8 Å². The van der Waals surface area contributed by atoms with Crippen molar-refractivity contribution in [2.75, 3.05) is 6.61 Å². The minimum absolute atomic E-state index is 0.361. The molecule has 0 aromatic heterocycles. The average molecular weight is 302 g/mol. The van der Waals surface area contributed by atoms with E-state index in [4.69, 9.17) is 5.11 Å². The normalized spacial score (nSPS) is 8.95. The summed E-state index contributed by atoms with van der Waals surface area (Å²) in [6.45, 7) is 6.78. The lowest BCUT2D eigenvalue weighted by Crippen LogP contribution is -1.80. The van der Waals surface area contributed by atoms with Gasteiger partial charge >= 0.3 is 0 Å². The van der Waals surface area contributed by atoms with Gasteiger partial charge in [0.05, 0.1) is 0 Å². The van der Waals surface area contributed by atoms with E-state index < -0.39 is 0 Å². The van der Waals surface area contributed by atoms with Crippen LogP contribution in [0.25, 0.3) is 0 Å². The summed E-state index contributed by atoms with van der Waals surface area (Å²) in [6.07, 6.45) is 15.1. The third-order valence-electron chi connectivity index (χ3n) is 2.86. The quantitative estimate of drug-likeness (QED) is 0.403. The molecule has 0 amide bonds. The molecule has 0 aliphatic rings. The summed E-state index contributed by atoms with van der Waals surface area (Å²) in [7, 11) is 0. The lowest BCUT2D eigenvalue weighted by molar-refractivity contribution is -0.108. The monoisotopic (exact) mass is 302 g/mol. The molecule has 0 aromatic rings. The number of carbonyl (C=O) groups is 2. The molecular formula is C18H38O3. The lowest BCUT2D eigenvalue weighted by atomic mass is 10.2. The zero-order valence-corrected chi connectivity index (χ0v) is 14.6. The van der Waals surface area contributed by atoms with Crippen LogP contribution < -0.4 is 0 Å². The number of hydrogen-bond donors (Lipinski definition) is 1. The molecule has 1 N–H and O–H groups in total. The van der Waals surface area contributed by atoms with E-state index in [1.54, 1.807) is 0 Å². The predicted octanol–water partition coefficient (Wildman–Crippen LogP) is 5.09. The summed E-state index contributed by atoms with van der Waals surface area (Å²) in [6, 6.07) is 0. The fourth-order valence-corrected chi connectivity index (χ4v) is 1.49. The highest BCUT2D eigenvalue weighted by Gasteiger charge is 1.81. The summed E-state index contributed by atoms with van der Waals surface area (Å²) >= 11 is 0. The van der Waals surface area contributed by atoms with E-state index >= 15 is 0 Å². The highest BCUT2D eigenvalue weighted by atomic mass is 16.2. The molecule has 0 bridgehead atoms. The number of aliphatic hydroxyl groups is 1. The zero-order valence-electron chi connectivity index (χ0n) is 14.6.